The van der Waals surface area contributed by atoms with E-state index in [0.717, 1.165) is 17.2 Å². The second-order valence-corrected chi connectivity index (χ2v) is 3.85. The van der Waals surface area contributed by atoms with Crippen LogP contribution in [0, 0.1) is 0 Å². The summed E-state index contributed by atoms with van der Waals surface area (Å²) in [6.07, 6.45) is 0.880. The van der Waals surface area contributed by atoms with Crippen molar-refractivity contribution in [3.63, 3.8) is 0 Å². The molecule has 0 radical (unpaired) electrons. The molecule has 0 saturated carbocycles. The fraction of sp³-hybridized carbons (Fsp3) is 0.231. The van der Waals surface area contributed by atoms with E-state index in [1.165, 1.54) is 0 Å². The molecule has 0 aliphatic heterocycles. The van der Waals surface area contributed by atoms with Crippen LogP contribution >= 0.6 is 0 Å². The molecule has 0 aliphatic rings. The number of aldehydes is 1. The minimum atomic E-state index is 0.0492. The maximum absolute atomic E-state index is 11.0. The summed E-state index contributed by atoms with van der Waals surface area (Å²) >= 11 is 0. The number of hydrogen-bond donors (Lipinski definition) is 0. The number of ether oxygens (including phenoxy) is 1. The lowest BCUT2D eigenvalue weighted by Crippen LogP contribution is -2.07. The number of pyridine rings is 1. The van der Waals surface area contributed by atoms with Crippen LogP contribution in [0.25, 0.3) is 10.9 Å². The Labute approximate surface area is 94.1 Å². The highest BCUT2D eigenvalue weighted by Gasteiger charge is 2.06. The largest absolute Gasteiger partial charge is 0.475 e. The van der Waals surface area contributed by atoms with E-state index in [4.69, 9.17) is 4.74 Å². The summed E-state index contributed by atoms with van der Waals surface area (Å²) in [5.74, 6) is 0.496. The van der Waals surface area contributed by atoms with Gasteiger partial charge >= 0.3 is 0 Å². The molecule has 0 atom stereocenters. The van der Waals surface area contributed by atoms with Crippen molar-refractivity contribution in [1.29, 1.82) is 0 Å². The second kappa shape index (κ2) is 4.31. The summed E-state index contributed by atoms with van der Waals surface area (Å²) in [5.41, 5.74) is 1.39. The van der Waals surface area contributed by atoms with Crippen molar-refractivity contribution < 1.29 is 9.53 Å². The molecule has 0 fully saturated rings. The van der Waals surface area contributed by atoms with Gasteiger partial charge in [-0.15, -0.1) is 0 Å². The molecule has 1 aromatic heterocycles. The third kappa shape index (κ3) is 2.03. The third-order valence-corrected chi connectivity index (χ3v) is 2.21. The Kier molecular flexibility index (Phi) is 2.86. The van der Waals surface area contributed by atoms with Crippen LogP contribution in [0.5, 0.6) is 5.88 Å². The van der Waals surface area contributed by atoms with E-state index in [9.17, 15) is 4.79 Å². The molecule has 2 rings (SSSR count). The minimum Gasteiger partial charge on any atom is -0.475 e. The summed E-state index contributed by atoms with van der Waals surface area (Å²) in [6, 6.07) is 9.21. The minimum absolute atomic E-state index is 0.0492. The van der Waals surface area contributed by atoms with Gasteiger partial charge in [0, 0.05) is 17.0 Å². The molecular formula is C13H13NO2. The van der Waals surface area contributed by atoms with Crippen molar-refractivity contribution in [3.8, 4) is 5.88 Å². The van der Waals surface area contributed by atoms with E-state index < -0.39 is 0 Å². The summed E-state index contributed by atoms with van der Waals surface area (Å²) in [6.45, 7) is 3.86. The lowest BCUT2D eigenvalue weighted by molar-refractivity contribution is 0.112. The zero-order valence-electron chi connectivity index (χ0n) is 9.31. The highest BCUT2D eigenvalue weighted by Crippen LogP contribution is 2.21. The van der Waals surface area contributed by atoms with Crippen molar-refractivity contribution in [1.82, 2.24) is 4.98 Å². The van der Waals surface area contributed by atoms with Crippen LogP contribution in [0.3, 0.4) is 0 Å². The monoisotopic (exact) mass is 215 g/mol. The molecule has 3 heteroatoms. The van der Waals surface area contributed by atoms with Crippen molar-refractivity contribution >= 4 is 17.2 Å². The van der Waals surface area contributed by atoms with Crippen molar-refractivity contribution in [2.24, 2.45) is 0 Å². The summed E-state index contributed by atoms with van der Waals surface area (Å²) in [4.78, 5) is 15.3. The highest BCUT2D eigenvalue weighted by atomic mass is 16.5. The fourth-order valence-electron chi connectivity index (χ4n) is 1.58. The number of aromatic nitrogens is 1. The first-order valence-electron chi connectivity index (χ1n) is 5.22. The van der Waals surface area contributed by atoms with Gasteiger partial charge in [-0.3, -0.25) is 4.79 Å². The van der Waals surface area contributed by atoms with Gasteiger partial charge in [-0.25, -0.2) is 4.98 Å². The number of fused-ring (bicyclic) bond motifs is 1. The Morgan fingerprint density at radius 1 is 1.31 bits per heavy atom. The van der Waals surface area contributed by atoms with Crippen LogP contribution in [0.1, 0.15) is 24.2 Å². The molecule has 1 heterocycles. The quantitative estimate of drug-likeness (QED) is 0.739. The van der Waals surface area contributed by atoms with Gasteiger partial charge < -0.3 is 4.74 Å². The first-order chi connectivity index (χ1) is 7.70. The van der Waals surface area contributed by atoms with Gasteiger partial charge in [0.1, 0.15) is 0 Å². The molecule has 0 unspecified atom stereocenters. The maximum atomic E-state index is 11.0. The Morgan fingerprint density at radius 3 is 2.75 bits per heavy atom. The number of benzene rings is 1. The zero-order chi connectivity index (χ0) is 11.5. The number of rotatable bonds is 3. The zero-order valence-corrected chi connectivity index (χ0v) is 9.31. The van der Waals surface area contributed by atoms with Crippen molar-refractivity contribution in [3.05, 3.63) is 35.9 Å². The highest BCUT2D eigenvalue weighted by molar-refractivity contribution is 5.96. The number of carbonyl (C=O) groups is 1. The Balaban J connectivity index is 2.58. The Morgan fingerprint density at radius 2 is 2.06 bits per heavy atom. The molecule has 16 heavy (non-hydrogen) atoms. The van der Waals surface area contributed by atoms with Gasteiger partial charge in [0.2, 0.25) is 5.88 Å². The second-order valence-electron chi connectivity index (χ2n) is 3.85. The molecule has 0 aliphatic carbocycles. The molecule has 82 valence electrons. The van der Waals surface area contributed by atoms with Crippen LogP contribution < -0.4 is 4.74 Å². The molecule has 0 spiro atoms. The van der Waals surface area contributed by atoms with E-state index in [2.05, 4.69) is 4.98 Å². The van der Waals surface area contributed by atoms with E-state index in [-0.39, 0.29) is 6.10 Å². The topological polar surface area (TPSA) is 39.2 Å². The van der Waals surface area contributed by atoms with Crippen LogP contribution in [0.15, 0.2) is 30.3 Å². The van der Waals surface area contributed by atoms with Gasteiger partial charge in [-0.2, -0.15) is 0 Å². The maximum Gasteiger partial charge on any atom is 0.214 e. The number of para-hydroxylation sites is 1. The molecule has 0 bridgehead atoms. The molecular weight excluding hydrogens is 202 g/mol. The first-order valence-corrected chi connectivity index (χ1v) is 5.22. The first kappa shape index (κ1) is 10.6. The summed E-state index contributed by atoms with van der Waals surface area (Å²) < 4.78 is 5.49. The molecule has 3 nitrogen and oxygen atoms in total. The number of hydrogen-bond acceptors (Lipinski definition) is 3. The van der Waals surface area contributed by atoms with Gasteiger partial charge in [0.25, 0.3) is 0 Å². The fourth-order valence-corrected chi connectivity index (χ4v) is 1.58. The van der Waals surface area contributed by atoms with E-state index in [1.807, 2.05) is 38.1 Å². The molecule has 2 aromatic rings. The van der Waals surface area contributed by atoms with Gasteiger partial charge in [-0.1, -0.05) is 18.2 Å². The lowest BCUT2D eigenvalue weighted by Gasteiger charge is -2.10. The van der Waals surface area contributed by atoms with Crippen LogP contribution in [0.4, 0.5) is 0 Å². The van der Waals surface area contributed by atoms with Gasteiger partial charge in [0.05, 0.1) is 11.6 Å². The van der Waals surface area contributed by atoms with Crippen molar-refractivity contribution in [2.75, 3.05) is 0 Å². The predicted octanol–water partition coefficient (Wildman–Crippen LogP) is 2.83. The third-order valence-electron chi connectivity index (χ3n) is 2.21. The number of nitrogens with zero attached hydrogens (tertiary/aromatic N) is 1. The lowest BCUT2D eigenvalue weighted by atomic mass is 10.1. The van der Waals surface area contributed by atoms with Gasteiger partial charge in [-0.05, 0) is 19.9 Å². The van der Waals surface area contributed by atoms with Crippen LogP contribution in [-0.4, -0.2) is 17.4 Å². The van der Waals surface area contributed by atoms with Crippen LogP contribution in [-0.2, 0) is 0 Å². The smallest absolute Gasteiger partial charge is 0.214 e. The Hall–Kier alpha value is -1.90. The average Bonchev–Trinajstić information content (AvgIpc) is 2.27. The molecule has 0 saturated heterocycles. The standard InChI is InChI=1S/C13H13NO2/c1-9(2)16-13-7-10(8-15)11-5-3-4-6-12(11)14-13/h3-9H,1-2H3. The molecule has 0 N–H and O–H groups in total. The summed E-state index contributed by atoms with van der Waals surface area (Å²) in [7, 11) is 0. The SMILES string of the molecule is CC(C)Oc1cc(C=O)c2ccccc2n1. The van der Waals surface area contributed by atoms with Crippen LogP contribution in [0.2, 0.25) is 0 Å². The van der Waals surface area contributed by atoms with E-state index >= 15 is 0 Å². The molecule has 0 amide bonds. The van der Waals surface area contributed by atoms with Crippen molar-refractivity contribution in [2.45, 2.75) is 20.0 Å². The Bertz CT molecular complexity index is 520. The predicted molar refractivity (Wildman–Crippen MR) is 62.9 cm³/mol. The van der Waals surface area contributed by atoms with E-state index in [0.29, 0.717) is 11.4 Å². The average molecular weight is 215 g/mol. The normalized spacial score (nSPS) is 10.7. The molecule has 1 aromatic carbocycles. The number of carbonyl (C=O) groups excluding carboxylic acids is 1. The van der Waals surface area contributed by atoms with E-state index in [1.54, 1.807) is 6.07 Å². The summed E-state index contributed by atoms with van der Waals surface area (Å²) in [5, 5.41) is 0.855. The van der Waals surface area contributed by atoms with Gasteiger partial charge in [0.15, 0.2) is 6.29 Å².